The van der Waals surface area contributed by atoms with Gasteiger partial charge >= 0.3 is 0 Å². The fourth-order valence-corrected chi connectivity index (χ4v) is 0.879. The van der Waals surface area contributed by atoms with Crippen LogP contribution in [-0.2, 0) is 4.74 Å². The molecule has 1 N–H and O–H groups in total. The van der Waals surface area contributed by atoms with E-state index in [1.54, 1.807) is 7.11 Å². The highest BCUT2D eigenvalue weighted by Crippen LogP contribution is 2.02. The van der Waals surface area contributed by atoms with Gasteiger partial charge in [-0.05, 0) is 19.4 Å². The number of methoxy groups -OCH3 is 1. The number of nitrogens with one attached hydrogen (secondary N) is 1. The molecule has 0 aromatic carbocycles. The van der Waals surface area contributed by atoms with Gasteiger partial charge in [0.25, 0.3) is 0 Å². The van der Waals surface area contributed by atoms with Crippen LogP contribution in [0.2, 0.25) is 0 Å². The van der Waals surface area contributed by atoms with E-state index in [-0.39, 0.29) is 0 Å². The standard InChI is InChI=1S/C6H12NO/c1-8-6-3-2-4-7-5-6/h2,6-7H,3-5H2,1H3. The van der Waals surface area contributed by atoms with E-state index in [2.05, 4.69) is 11.7 Å². The molecule has 0 spiro atoms. The molecule has 1 rings (SSSR count). The topological polar surface area (TPSA) is 21.3 Å². The smallest absolute Gasteiger partial charge is 0.0698 e. The average molecular weight is 114 g/mol. The van der Waals surface area contributed by atoms with E-state index in [0.717, 1.165) is 19.5 Å². The number of hydrogen-bond donors (Lipinski definition) is 1. The van der Waals surface area contributed by atoms with Crippen molar-refractivity contribution < 1.29 is 4.74 Å². The molecule has 2 heteroatoms. The Morgan fingerprint density at radius 3 is 3.00 bits per heavy atom. The molecule has 2 nitrogen and oxygen atoms in total. The molecule has 1 fully saturated rings. The first-order valence-electron chi connectivity index (χ1n) is 2.98. The van der Waals surface area contributed by atoms with Crippen molar-refractivity contribution in [2.75, 3.05) is 20.2 Å². The summed E-state index contributed by atoms with van der Waals surface area (Å²) in [6, 6.07) is 0. The zero-order chi connectivity index (χ0) is 5.82. The Hall–Kier alpha value is -0.0800. The molecule has 0 amide bonds. The van der Waals surface area contributed by atoms with Gasteiger partial charge in [0.05, 0.1) is 6.10 Å². The lowest BCUT2D eigenvalue weighted by molar-refractivity contribution is 0.0931. The summed E-state index contributed by atoms with van der Waals surface area (Å²) in [5.41, 5.74) is 0. The van der Waals surface area contributed by atoms with Crippen LogP contribution in [0.25, 0.3) is 0 Å². The van der Waals surface area contributed by atoms with Gasteiger partial charge in [-0.3, -0.25) is 0 Å². The predicted molar refractivity (Wildman–Crippen MR) is 32.6 cm³/mol. The molecule has 0 bridgehead atoms. The fraction of sp³-hybridized carbons (Fsp3) is 0.833. The SMILES string of the molecule is COC1C[CH]CNC1. The molecule has 1 heterocycles. The van der Waals surface area contributed by atoms with Gasteiger partial charge in [-0.15, -0.1) is 0 Å². The monoisotopic (exact) mass is 114 g/mol. The first-order chi connectivity index (χ1) is 3.93. The summed E-state index contributed by atoms with van der Waals surface area (Å²) in [5, 5.41) is 3.21. The van der Waals surface area contributed by atoms with Crippen molar-refractivity contribution in [1.82, 2.24) is 5.32 Å². The van der Waals surface area contributed by atoms with E-state index in [1.807, 2.05) is 0 Å². The van der Waals surface area contributed by atoms with Crippen LogP contribution in [0.1, 0.15) is 6.42 Å². The molecule has 47 valence electrons. The maximum absolute atomic E-state index is 5.10. The van der Waals surface area contributed by atoms with Crippen LogP contribution in [0.3, 0.4) is 0 Å². The molecule has 8 heavy (non-hydrogen) atoms. The van der Waals surface area contributed by atoms with Gasteiger partial charge in [0.15, 0.2) is 0 Å². The van der Waals surface area contributed by atoms with Crippen molar-refractivity contribution >= 4 is 0 Å². The third-order valence-corrected chi connectivity index (χ3v) is 1.42. The highest BCUT2D eigenvalue weighted by Gasteiger charge is 2.10. The Morgan fingerprint density at radius 1 is 1.75 bits per heavy atom. The molecule has 0 aromatic heterocycles. The highest BCUT2D eigenvalue weighted by atomic mass is 16.5. The summed E-state index contributed by atoms with van der Waals surface area (Å²) in [4.78, 5) is 0. The largest absolute Gasteiger partial charge is 0.380 e. The minimum atomic E-state index is 0.420. The molecule has 1 aliphatic rings. The van der Waals surface area contributed by atoms with E-state index in [0.29, 0.717) is 6.10 Å². The van der Waals surface area contributed by atoms with Gasteiger partial charge < -0.3 is 10.1 Å². The van der Waals surface area contributed by atoms with Gasteiger partial charge in [0, 0.05) is 13.7 Å². The van der Waals surface area contributed by atoms with Crippen LogP contribution in [0.4, 0.5) is 0 Å². The van der Waals surface area contributed by atoms with Crippen LogP contribution in [0, 0.1) is 6.42 Å². The predicted octanol–water partition coefficient (Wildman–Crippen LogP) is 0.199. The minimum absolute atomic E-state index is 0.420. The molecule has 0 saturated carbocycles. The fourth-order valence-electron chi connectivity index (χ4n) is 0.879. The number of rotatable bonds is 1. The van der Waals surface area contributed by atoms with E-state index in [9.17, 15) is 0 Å². The Labute approximate surface area is 50.2 Å². The zero-order valence-electron chi connectivity index (χ0n) is 5.18. The Morgan fingerprint density at radius 2 is 2.62 bits per heavy atom. The van der Waals surface area contributed by atoms with Crippen LogP contribution in [0.5, 0.6) is 0 Å². The van der Waals surface area contributed by atoms with Crippen molar-refractivity contribution in [3.05, 3.63) is 6.42 Å². The van der Waals surface area contributed by atoms with Gasteiger partial charge in [-0.2, -0.15) is 0 Å². The molecule has 1 atom stereocenters. The lowest BCUT2D eigenvalue weighted by atomic mass is 10.1. The third kappa shape index (κ3) is 1.46. The zero-order valence-corrected chi connectivity index (χ0v) is 5.18. The van der Waals surface area contributed by atoms with Crippen molar-refractivity contribution in [2.24, 2.45) is 0 Å². The molecule has 1 aliphatic heterocycles. The molecular formula is C6H12NO. The lowest BCUT2D eigenvalue weighted by Gasteiger charge is -2.20. The molecule has 0 aliphatic carbocycles. The normalized spacial score (nSPS) is 30.4. The average Bonchev–Trinajstić information content (AvgIpc) is 1.90. The van der Waals surface area contributed by atoms with E-state index < -0.39 is 0 Å². The van der Waals surface area contributed by atoms with Crippen molar-refractivity contribution in [3.63, 3.8) is 0 Å². The quantitative estimate of drug-likeness (QED) is 0.525. The van der Waals surface area contributed by atoms with E-state index in [1.165, 1.54) is 0 Å². The highest BCUT2D eigenvalue weighted by molar-refractivity contribution is 4.80. The van der Waals surface area contributed by atoms with Crippen molar-refractivity contribution in [3.8, 4) is 0 Å². The summed E-state index contributed by atoms with van der Waals surface area (Å²) >= 11 is 0. The summed E-state index contributed by atoms with van der Waals surface area (Å²) in [6.45, 7) is 2.05. The summed E-state index contributed by atoms with van der Waals surface area (Å²) < 4.78 is 5.10. The number of piperidine rings is 1. The summed E-state index contributed by atoms with van der Waals surface area (Å²) in [6.07, 6.45) is 3.73. The van der Waals surface area contributed by atoms with Crippen LogP contribution in [0.15, 0.2) is 0 Å². The first kappa shape index (κ1) is 6.05. The molecular weight excluding hydrogens is 102 g/mol. The van der Waals surface area contributed by atoms with Gasteiger partial charge in [0.2, 0.25) is 0 Å². The number of hydrogen-bond acceptors (Lipinski definition) is 2. The number of ether oxygens (including phenoxy) is 1. The second-order valence-electron chi connectivity index (χ2n) is 2.04. The maximum Gasteiger partial charge on any atom is 0.0698 e. The maximum atomic E-state index is 5.10. The molecule has 1 unspecified atom stereocenters. The summed E-state index contributed by atoms with van der Waals surface area (Å²) in [5.74, 6) is 0. The van der Waals surface area contributed by atoms with Crippen molar-refractivity contribution in [1.29, 1.82) is 0 Å². The van der Waals surface area contributed by atoms with Crippen LogP contribution in [-0.4, -0.2) is 26.3 Å². The van der Waals surface area contributed by atoms with Crippen LogP contribution >= 0.6 is 0 Å². The van der Waals surface area contributed by atoms with Gasteiger partial charge in [0.1, 0.15) is 0 Å². The first-order valence-corrected chi connectivity index (χ1v) is 2.98. The lowest BCUT2D eigenvalue weighted by Crippen LogP contribution is -2.34. The molecule has 1 radical (unpaired) electrons. The van der Waals surface area contributed by atoms with E-state index >= 15 is 0 Å². The Balaban J connectivity index is 2.13. The summed E-state index contributed by atoms with van der Waals surface area (Å²) in [7, 11) is 1.76. The van der Waals surface area contributed by atoms with Gasteiger partial charge in [-0.1, -0.05) is 0 Å². The Bertz CT molecular complexity index is 59.5. The second-order valence-corrected chi connectivity index (χ2v) is 2.04. The van der Waals surface area contributed by atoms with Crippen LogP contribution < -0.4 is 5.32 Å². The molecule has 0 aromatic rings. The van der Waals surface area contributed by atoms with Crippen molar-refractivity contribution in [2.45, 2.75) is 12.5 Å². The Kier molecular flexibility index (Phi) is 2.30. The van der Waals surface area contributed by atoms with E-state index in [4.69, 9.17) is 4.74 Å². The molecule has 1 saturated heterocycles. The minimum Gasteiger partial charge on any atom is -0.380 e. The second kappa shape index (κ2) is 3.05. The van der Waals surface area contributed by atoms with Gasteiger partial charge in [-0.25, -0.2) is 0 Å². The third-order valence-electron chi connectivity index (χ3n) is 1.42.